The summed E-state index contributed by atoms with van der Waals surface area (Å²) < 4.78 is 6.35. The van der Waals surface area contributed by atoms with Crippen molar-refractivity contribution in [3.8, 4) is 0 Å². The Morgan fingerprint density at radius 1 is 1.42 bits per heavy atom. The maximum Gasteiger partial charge on any atom is 0.193 e. The highest BCUT2D eigenvalue weighted by molar-refractivity contribution is 14.0. The van der Waals surface area contributed by atoms with Gasteiger partial charge in [0.2, 0.25) is 0 Å². The molecular formula is C18H32BrIN4OS. The normalized spacial score (nSPS) is 16.4. The van der Waals surface area contributed by atoms with Crippen molar-refractivity contribution in [3.05, 3.63) is 20.8 Å². The lowest BCUT2D eigenvalue weighted by Gasteiger charge is -2.31. The van der Waals surface area contributed by atoms with E-state index in [4.69, 9.17) is 9.73 Å². The third-order valence-corrected chi connectivity index (χ3v) is 6.14. The third kappa shape index (κ3) is 8.41. The van der Waals surface area contributed by atoms with E-state index >= 15 is 0 Å². The van der Waals surface area contributed by atoms with E-state index in [2.05, 4.69) is 57.2 Å². The number of nitrogens with zero attached hydrogens (tertiary/aromatic N) is 3. The molecule has 0 aromatic carbocycles. The Hall–Kier alpha value is 0.1000. The molecule has 8 heteroatoms. The molecule has 0 aliphatic carbocycles. The summed E-state index contributed by atoms with van der Waals surface area (Å²) in [6, 6.07) is 4.28. The number of thiophene rings is 1. The second-order valence-electron chi connectivity index (χ2n) is 6.53. The van der Waals surface area contributed by atoms with E-state index in [-0.39, 0.29) is 24.0 Å². The Kier molecular flexibility index (Phi) is 12.4. The van der Waals surface area contributed by atoms with Gasteiger partial charge in [0.1, 0.15) is 0 Å². The first-order valence-corrected chi connectivity index (χ1v) is 10.7. The van der Waals surface area contributed by atoms with Crippen LogP contribution in [-0.2, 0) is 11.3 Å². The maximum atomic E-state index is 5.17. The van der Waals surface area contributed by atoms with E-state index in [9.17, 15) is 0 Å². The van der Waals surface area contributed by atoms with Crippen molar-refractivity contribution < 1.29 is 4.74 Å². The largest absolute Gasteiger partial charge is 0.383 e. The van der Waals surface area contributed by atoms with Gasteiger partial charge in [-0.2, -0.15) is 0 Å². The maximum absolute atomic E-state index is 5.17. The first kappa shape index (κ1) is 24.1. The van der Waals surface area contributed by atoms with Crippen molar-refractivity contribution in [3.63, 3.8) is 0 Å². The second-order valence-corrected chi connectivity index (χ2v) is 9.08. The molecule has 1 N–H and O–H groups in total. The molecule has 1 aliphatic heterocycles. The van der Waals surface area contributed by atoms with Crippen molar-refractivity contribution >= 4 is 57.2 Å². The molecule has 150 valence electrons. The second kappa shape index (κ2) is 13.3. The van der Waals surface area contributed by atoms with Crippen LogP contribution in [0.5, 0.6) is 0 Å². The summed E-state index contributed by atoms with van der Waals surface area (Å²) in [6.45, 7) is 9.03. The number of aliphatic imine (C=N–C) groups is 1. The number of guanidine groups is 1. The molecule has 2 rings (SSSR count). The number of likely N-dealkylation sites (tertiary alicyclic amines) is 1. The van der Waals surface area contributed by atoms with E-state index in [0.717, 1.165) is 38.7 Å². The van der Waals surface area contributed by atoms with Crippen molar-refractivity contribution in [2.75, 3.05) is 53.5 Å². The van der Waals surface area contributed by atoms with Crippen LogP contribution in [0, 0.1) is 5.92 Å². The molecule has 1 aromatic heterocycles. The first-order valence-electron chi connectivity index (χ1n) is 9.07. The molecule has 0 radical (unpaired) electrons. The molecule has 1 aliphatic rings. The minimum absolute atomic E-state index is 0. The van der Waals surface area contributed by atoms with Crippen LogP contribution in [0.25, 0.3) is 0 Å². The minimum atomic E-state index is 0. The molecule has 2 heterocycles. The van der Waals surface area contributed by atoms with E-state index < -0.39 is 0 Å². The number of piperidine rings is 1. The van der Waals surface area contributed by atoms with Crippen LogP contribution in [-0.4, -0.2) is 69.2 Å². The molecular weight excluding hydrogens is 527 g/mol. The molecule has 0 saturated carbocycles. The van der Waals surface area contributed by atoms with Gasteiger partial charge in [0, 0.05) is 38.7 Å². The average Bonchev–Trinajstić information content (AvgIpc) is 3.02. The van der Waals surface area contributed by atoms with Gasteiger partial charge < -0.3 is 19.9 Å². The van der Waals surface area contributed by atoms with Crippen LogP contribution in [0.3, 0.4) is 0 Å². The van der Waals surface area contributed by atoms with E-state index in [0.29, 0.717) is 5.92 Å². The van der Waals surface area contributed by atoms with Crippen LogP contribution in [0.4, 0.5) is 0 Å². The molecule has 1 fully saturated rings. The number of hydrogen-bond acceptors (Lipinski definition) is 4. The van der Waals surface area contributed by atoms with Gasteiger partial charge in [0.05, 0.1) is 16.9 Å². The molecule has 0 unspecified atom stereocenters. The van der Waals surface area contributed by atoms with Crippen molar-refractivity contribution in [1.82, 2.24) is 15.1 Å². The summed E-state index contributed by atoms with van der Waals surface area (Å²) >= 11 is 5.32. The summed E-state index contributed by atoms with van der Waals surface area (Å²) in [6.07, 6.45) is 2.46. The molecule has 1 aromatic rings. The fraction of sp³-hybridized carbons (Fsp3) is 0.722. The van der Waals surface area contributed by atoms with Gasteiger partial charge in [-0.15, -0.1) is 35.3 Å². The van der Waals surface area contributed by atoms with E-state index in [1.807, 2.05) is 0 Å². The van der Waals surface area contributed by atoms with Gasteiger partial charge in [-0.05, 0) is 66.8 Å². The number of ether oxygens (including phenoxy) is 1. The lowest BCUT2D eigenvalue weighted by molar-refractivity contribution is 0.121. The van der Waals surface area contributed by atoms with Crippen LogP contribution in [0.1, 0.15) is 24.6 Å². The molecule has 0 spiro atoms. The summed E-state index contributed by atoms with van der Waals surface area (Å²) in [5.74, 6) is 1.70. The standard InChI is InChI=1S/C18H31BrN4OS.HI/c1-4-20-18(22(2)14-16-5-6-17(19)25-16)21-13-15-7-9-23(10-8-15)11-12-24-3;/h5-6,15H,4,7-14H2,1-3H3,(H,20,21);1H. The van der Waals surface area contributed by atoms with Gasteiger partial charge in [0.25, 0.3) is 0 Å². The first-order chi connectivity index (χ1) is 12.1. The molecule has 1 saturated heterocycles. The third-order valence-electron chi connectivity index (χ3n) is 4.54. The average molecular weight is 559 g/mol. The number of nitrogens with one attached hydrogen (secondary N) is 1. The zero-order valence-corrected chi connectivity index (χ0v) is 20.8. The Bertz CT molecular complexity index is 535. The number of methoxy groups -OCH3 is 1. The van der Waals surface area contributed by atoms with Crippen molar-refractivity contribution in [2.45, 2.75) is 26.3 Å². The number of rotatable bonds is 8. The number of hydrogen-bond donors (Lipinski definition) is 1. The minimum Gasteiger partial charge on any atom is -0.383 e. The van der Waals surface area contributed by atoms with E-state index in [1.165, 1.54) is 34.6 Å². The topological polar surface area (TPSA) is 40.1 Å². The smallest absolute Gasteiger partial charge is 0.193 e. The molecule has 0 atom stereocenters. The Balaban J connectivity index is 0.00000338. The fourth-order valence-corrected chi connectivity index (χ4v) is 4.58. The molecule has 0 bridgehead atoms. The summed E-state index contributed by atoms with van der Waals surface area (Å²) in [7, 11) is 3.89. The quantitative estimate of drug-likeness (QED) is 0.298. The summed E-state index contributed by atoms with van der Waals surface area (Å²) in [5, 5.41) is 3.43. The summed E-state index contributed by atoms with van der Waals surface area (Å²) in [5.41, 5.74) is 0. The zero-order valence-electron chi connectivity index (χ0n) is 16.0. The highest BCUT2D eigenvalue weighted by atomic mass is 127. The highest BCUT2D eigenvalue weighted by Gasteiger charge is 2.19. The lowest BCUT2D eigenvalue weighted by Crippen LogP contribution is -2.40. The number of halogens is 2. The van der Waals surface area contributed by atoms with Gasteiger partial charge in [-0.3, -0.25) is 4.99 Å². The fourth-order valence-electron chi connectivity index (χ4n) is 3.04. The van der Waals surface area contributed by atoms with E-state index in [1.54, 1.807) is 18.4 Å². The lowest BCUT2D eigenvalue weighted by atomic mass is 9.97. The van der Waals surface area contributed by atoms with Gasteiger partial charge >= 0.3 is 0 Å². The Morgan fingerprint density at radius 3 is 2.73 bits per heavy atom. The van der Waals surface area contributed by atoms with Crippen molar-refractivity contribution in [1.29, 1.82) is 0 Å². The molecule has 26 heavy (non-hydrogen) atoms. The van der Waals surface area contributed by atoms with Crippen molar-refractivity contribution in [2.24, 2.45) is 10.9 Å². The highest BCUT2D eigenvalue weighted by Crippen LogP contribution is 2.23. The Labute approximate surface area is 187 Å². The summed E-state index contributed by atoms with van der Waals surface area (Å²) in [4.78, 5) is 11.0. The predicted octanol–water partition coefficient (Wildman–Crippen LogP) is 3.88. The SMILES string of the molecule is CCNC(=NCC1CCN(CCOC)CC1)N(C)Cc1ccc(Br)s1.I. The van der Waals surface area contributed by atoms with Crippen LogP contribution in [0.15, 0.2) is 20.9 Å². The van der Waals surface area contributed by atoms with Crippen LogP contribution < -0.4 is 5.32 Å². The van der Waals surface area contributed by atoms with Gasteiger partial charge in [-0.1, -0.05) is 0 Å². The molecule has 0 amide bonds. The zero-order chi connectivity index (χ0) is 18.1. The van der Waals surface area contributed by atoms with Crippen LogP contribution >= 0.6 is 51.2 Å². The monoisotopic (exact) mass is 558 g/mol. The predicted molar refractivity (Wildman–Crippen MR) is 126 cm³/mol. The Morgan fingerprint density at radius 2 is 2.15 bits per heavy atom. The van der Waals surface area contributed by atoms with Gasteiger partial charge in [-0.25, -0.2) is 0 Å². The van der Waals surface area contributed by atoms with Crippen LogP contribution in [0.2, 0.25) is 0 Å². The van der Waals surface area contributed by atoms with Gasteiger partial charge in [0.15, 0.2) is 5.96 Å². The molecule has 5 nitrogen and oxygen atoms in total.